The molecule has 9 heteroatoms. The van der Waals surface area contributed by atoms with Crippen LogP contribution in [0.1, 0.15) is 57.8 Å². The number of halogens is 1. The number of hydrazone groups is 1. The third-order valence-corrected chi connectivity index (χ3v) is 6.18. The number of carbonyl (C=O) groups is 3. The molecule has 0 atom stereocenters. The molecule has 0 unspecified atom stereocenters. The Hall–Kier alpha value is -2.52. The lowest BCUT2D eigenvalue weighted by atomic mass is 9.94. The topological polar surface area (TPSA) is 96.9 Å². The highest BCUT2D eigenvalue weighted by molar-refractivity contribution is 9.10. The van der Waals surface area contributed by atoms with Crippen molar-refractivity contribution in [3.63, 3.8) is 0 Å². The molecule has 1 aromatic heterocycles. The number of anilines is 1. The van der Waals surface area contributed by atoms with Gasteiger partial charge in [0.25, 0.3) is 5.91 Å². The van der Waals surface area contributed by atoms with Gasteiger partial charge in [0, 0.05) is 11.4 Å². The third kappa shape index (κ3) is 4.73. The van der Waals surface area contributed by atoms with Gasteiger partial charge < -0.3 is 10.1 Å². The highest BCUT2D eigenvalue weighted by atomic mass is 79.9. The first-order chi connectivity index (χ1) is 13.9. The maximum Gasteiger partial charge on any atom is 0.341 e. The van der Waals surface area contributed by atoms with Crippen molar-refractivity contribution in [2.45, 2.75) is 33.1 Å². The van der Waals surface area contributed by atoms with Crippen LogP contribution in [0, 0.1) is 0 Å². The zero-order valence-corrected chi connectivity index (χ0v) is 18.4. The van der Waals surface area contributed by atoms with Gasteiger partial charge in [-0.2, -0.15) is 5.10 Å². The monoisotopic (exact) mass is 477 g/mol. The molecule has 0 saturated carbocycles. The molecule has 1 heterocycles. The molecule has 2 aromatic rings. The van der Waals surface area contributed by atoms with Gasteiger partial charge >= 0.3 is 5.97 Å². The number of rotatable bonds is 5. The zero-order chi connectivity index (χ0) is 21.0. The van der Waals surface area contributed by atoms with Gasteiger partial charge in [0.1, 0.15) is 5.00 Å². The average Bonchev–Trinajstić information content (AvgIpc) is 3.04. The van der Waals surface area contributed by atoms with Crippen molar-refractivity contribution >= 4 is 55.8 Å². The Morgan fingerprint density at radius 2 is 2.00 bits per heavy atom. The first-order valence-electron chi connectivity index (χ1n) is 9.14. The molecule has 1 aliphatic carbocycles. The summed E-state index contributed by atoms with van der Waals surface area (Å²) < 4.78 is 5.86. The lowest BCUT2D eigenvalue weighted by Crippen LogP contribution is -2.22. The summed E-state index contributed by atoms with van der Waals surface area (Å²) in [5.74, 6) is -1.07. The van der Waals surface area contributed by atoms with E-state index in [0.29, 0.717) is 39.2 Å². The fraction of sp³-hybridized carbons (Fsp3) is 0.300. The van der Waals surface area contributed by atoms with E-state index in [2.05, 4.69) is 31.8 Å². The number of fused-ring (bicyclic) bond motifs is 1. The third-order valence-electron chi connectivity index (χ3n) is 4.29. The van der Waals surface area contributed by atoms with E-state index in [1.807, 2.05) is 6.07 Å². The predicted octanol–water partition coefficient (Wildman–Crippen LogP) is 4.12. The second-order valence-electron chi connectivity index (χ2n) is 6.35. The summed E-state index contributed by atoms with van der Waals surface area (Å²) >= 11 is 4.64. The molecule has 0 bridgehead atoms. The van der Waals surface area contributed by atoms with Gasteiger partial charge in [-0.05, 0) is 59.8 Å². The van der Waals surface area contributed by atoms with Crippen LogP contribution in [0.15, 0.2) is 33.8 Å². The Kier molecular flexibility index (Phi) is 6.81. The Bertz CT molecular complexity index is 1000. The quantitative estimate of drug-likeness (QED) is 0.499. The molecule has 0 fully saturated rings. The van der Waals surface area contributed by atoms with Crippen LogP contribution in [0.25, 0.3) is 0 Å². The van der Waals surface area contributed by atoms with Crippen LogP contribution in [0.2, 0.25) is 0 Å². The maximum atomic E-state index is 12.5. The molecule has 1 aromatic carbocycles. The number of carbonyl (C=O) groups excluding carboxylic acids is 3. The number of esters is 1. The predicted molar refractivity (Wildman–Crippen MR) is 116 cm³/mol. The van der Waals surface area contributed by atoms with Crippen LogP contribution in [0.4, 0.5) is 5.00 Å². The number of benzene rings is 1. The number of nitrogens with zero attached hydrogens (tertiary/aromatic N) is 1. The van der Waals surface area contributed by atoms with E-state index in [1.165, 1.54) is 18.3 Å². The molecular formula is C20H20BrN3O4S. The number of hydrogen-bond acceptors (Lipinski definition) is 6. The number of ether oxygens (including phenoxy) is 1. The Morgan fingerprint density at radius 3 is 2.69 bits per heavy atom. The summed E-state index contributed by atoms with van der Waals surface area (Å²) in [5, 5.41) is 7.49. The van der Waals surface area contributed by atoms with Crippen molar-refractivity contribution in [2.24, 2.45) is 5.10 Å². The largest absolute Gasteiger partial charge is 0.462 e. The molecule has 7 nitrogen and oxygen atoms in total. The second-order valence-corrected chi connectivity index (χ2v) is 8.22. The summed E-state index contributed by atoms with van der Waals surface area (Å²) in [6, 6.07) is 7.08. The number of thiophene rings is 1. The molecule has 3 rings (SSSR count). The van der Waals surface area contributed by atoms with Crippen molar-refractivity contribution in [3.8, 4) is 0 Å². The number of hydrogen-bond donors (Lipinski definition) is 2. The molecule has 152 valence electrons. The molecule has 1 aliphatic rings. The van der Waals surface area contributed by atoms with Crippen LogP contribution < -0.4 is 10.7 Å². The smallest absolute Gasteiger partial charge is 0.341 e. The van der Waals surface area contributed by atoms with Crippen molar-refractivity contribution in [1.82, 2.24) is 5.43 Å². The second kappa shape index (κ2) is 9.32. The summed E-state index contributed by atoms with van der Waals surface area (Å²) in [6.45, 7) is 3.37. The summed E-state index contributed by atoms with van der Waals surface area (Å²) in [4.78, 5) is 37.3. The fourth-order valence-corrected chi connectivity index (χ4v) is 4.85. The Balaban J connectivity index is 1.94. The zero-order valence-electron chi connectivity index (χ0n) is 16.0. The Labute approximate surface area is 180 Å². The lowest BCUT2D eigenvalue weighted by molar-refractivity contribution is -0.114. The molecule has 0 saturated heterocycles. The van der Waals surface area contributed by atoms with E-state index >= 15 is 0 Å². The molecule has 0 aliphatic heterocycles. The highest BCUT2D eigenvalue weighted by Crippen LogP contribution is 2.39. The van der Waals surface area contributed by atoms with Gasteiger partial charge in [0.15, 0.2) is 0 Å². The van der Waals surface area contributed by atoms with Gasteiger partial charge in [-0.1, -0.05) is 12.1 Å². The average molecular weight is 478 g/mol. The van der Waals surface area contributed by atoms with E-state index in [4.69, 9.17) is 4.74 Å². The van der Waals surface area contributed by atoms with E-state index in [0.717, 1.165) is 16.9 Å². The normalized spacial score (nSPS) is 14.2. The van der Waals surface area contributed by atoms with E-state index in [1.54, 1.807) is 25.1 Å². The minimum absolute atomic E-state index is 0.242. The van der Waals surface area contributed by atoms with Crippen LogP contribution in [-0.4, -0.2) is 30.1 Å². The fourth-order valence-electron chi connectivity index (χ4n) is 3.08. The first-order valence-corrected chi connectivity index (χ1v) is 10.8. The van der Waals surface area contributed by atoms with Gasteiger partial charge in [-0.3, -0.25) is 9.59 Å². The van der Waals surface area contributed by atoms with E-state index < -0.39 is 5.97 Å². The summed E-state index contributed by atoms with van der Waals surface area (Å²) in [7, 11) is 0. The Morgan fingerprint density at radius 1 is 1.24 bits per heavy atom. The van der Waals surface area contributed by atoms with Gasteiger partial charge in [0.2, 0.25) is 5.91 Å². The standard InChI is InChI=1S/C20H20BrN3O4S/c1-3-28-20(27)16-13-8-6-10-15(17(13)29-19(16)22-11(2)25)23-24-18(26)12-7-4-5-9-14(12)21/h4-5,7,9H,3,6,8,10H2,1-2H3,(H,22,25)(H,24,26). The van der Waals surface area contributed by atoms with Crippen molar-refractivity contribution < 1.29 is 19.1 Å². The van der Waals surface area contributed by atoms with Crippen LogP contribution in [0.5, 0.6) is 0 Å². The molecule has 0 radical (unpaired) electrons. The van der Waals surface area contributed by atoms with Crippen LogP contribution in [0.3, 0.4) is 0 Å². The van der Waals surface area contributed by atoms with Crippen LogP contribution >= 0.6 is 27.3 Å². The van der Waals surface area contributed by atoms with Crippen molar-refractivity contribution in [1.29, 1.82) is 0 Å². The maximum absolute atomic E-state index is 12.5. The highest BCUT2D eigenvalue weighted by Gasteiger charge is 2.30. The van der Waals surface area contributed by atoms with Gasteiger partial charge in [-0.15, -0.1) is 11.3 Å². The number of nitrogens with one attached hydrogen (secondary N) is 2. The van der Waals surface area contributed by atoms with Crippen molar-refractivity contribution in [3.05, 3.63) is 50.3 Å². The molecular weight excluding hydrogens is 458 g/mol. The van der Waals surface area contributed by atoms with Crippen LogP contribution in [-0.2, 0) is 16.0 Å². The summed E-state index contributed by atoms with van der Waals surface area (Å²) in [5.41, 5.74) is 4.94. The minimum atomic E-state index is -0.466. The molecule has 29 heavy (non-hydrogen) atoms. The molecule has 0 spiro atoms. The first kappa shape index (κ1) is 21.2. The van der Waals surface area contributed by atoms with E-state index in [-0.39, 0.29) is 18.4 Å². The lowest BCUT2D eigenvalue weighted by Gasteiger charge is -2.15. The minimum Gasteiger partial charge on any atom is -0.462 e. The van der Waals surface area contributed by atoms with Crippen molar-refractivity contribution in [2.75, 3.05) is 11.9 Å². The van der Waals surface area contributed by atoms with E-state index in [9.17, 15) is 14.4 Å². The molecule has 2 N–H and O–H groups in total. The SMILES string of the molecule is CCOC(=O)c1c(NC(C)=O)sc2c1CCCC2=NNC(=O)c1ccccc1Br. The molecule has 2 amide bonds. The summed E-state index contributed by atoms with van der Waals surface area (Å²) in [6.07, 6.45) is 2.11. The van der Waals surface area contributed by atoms with Gasteiger partial charge in [0.05, 0.1) is 28.3 Å². The van der Waals surface area contributed by atoms with Gasteiger partial charge in [-0.25, -0.2) is 10.2 Å². The number of amides is 2.